The van der Waals surface area contributed by atoms with E-state index in [4.69, 9.17) is 4.74 Å². The van der Waals surface area contributed by atoms with Crippen molar-refractivity contribution >= 4 is 17.8 Å². The van der Waals surface area contributed by atoms with Gasteiger partial charge in [0.15, 0.2) is 0 Å². The van der Waals surface area contributed by atoms with Crippen molar-refractivity contribution < 1.29 is 14.4 Å². The highest BCUT2D eigenvalue weighted by molar-refractivity contribution is 6.32. The third-order valence-electron chi connectivity index (χ3n) is 3.52. The lowest BCUT2D eigenvalue weighted by atomic mass is 10.1. The summed E-state index contributed by atoms with van der Waals surface area (Å²) in [7, 11) is 1.41. The van der Waals surface area contributed by atoms with E-state index in [-0.39, 0.29) is 5.91 Å². The van der Waals surface area contributed by atoms with Crippen LogP contribution in [0.15, 0.2) is 53.7 Å². The standard InChI is InChI=1S/C19H22N2O3/c1-4-21(19(22)13-20-23-3)18-11-6-5-9-16(18)14-24-17-10-7-8-15(2)12-17/h5-13H,4,14H2,1-3H3. The van der Waals surface area contributed by atoms with Crippen LogP contribution < -0.4 is 9.64 Å². The van der Waals surface area contributed by atoms with Gasteiger partial charge in [-0.25, -0.2) is 0 Å². The van der Waals surface area contributed by atoms with E-state index in [0.29, 0.717) is 13.2 Å². The number of rotatable bonds is 7. The molecule has 0 aromatic heterocycles. The first kappa shape index (κ1) is 17.5. The first-order chi connectivity index (χ1) is 11.7. The second-order valence-electron chi connectivity index (χ2n) is 5.23. The Morgan fingerprint density at radius 2 is 2.00 bits per heavy atom. The zero-order chi connectivity index (χ0) is 17.4. The van der Waals surface area contributed by atoms with Crippen molar-refractivity contribution in [1.29, 1.82) is 0 Å². The first-order valence-corrected chi connectivity index (χ1v) is 7.81. The number of anilines is 1. The molecule has 0 saturated heterocycles. The number of para-hydroxylation sites is 1. The second-order valence-corrected chi connectivity index (χ2v) is 5.23. The van der Waals surface area contributed by atoms with E-state index in [1.54, 1.807) is 4.90 Å². The number of hydrogen-bond acceptors (Lipinski definition) is 4. The summed E-state index contributed by atoms with van der Waals surface area (Å²) >= 11 is 0. The van der Waals surface area contributed by atoms with E-state index in [2.05, 4.69) is 9.99 Å². The molecule has 2 rings (SSSR count). The summed E-state index contributed by atoms with van der Waals surface area (Å²) in [6.45, 7) is 4.84. The van der Waals surface area contributed by atoms with Gasteiger partial charge in [-0.3, -0.25) is 4.79 Å². The minimum Gasteiger partial charge on any atom is -0.489 e. The maximum Gasteiger partial charge on any atom is 0.272 e. The fourth-order valence-corrected chi connectivity index (χ4v) is 2.37. The molecule has 0 fully saturated rings. The average molecular weight is 326 g/mol. The number of nitrogens with zero attached hydrogens (tertiary/aromatic N) is 2. The Balaban J connectivity index is 2.19. The molecule has 0 atom stereocenters. The number of benzene rings is 2. The van der Waals surface area contributed by atoms with Gasteiger partial charge in [0.25, 0.3) is 5.91 Å². The van der Waals surface area contributed by atoms with Gasteiger partial charge in [0.1, 0.15) is 25.7 Å². The van der Waals surface area contributed by atoms with Crippen LogP contribution in [0, 0.1) is 6.92 Å². The molecule has 126 valence electrons. The maximum atomic E-state index is 12.3. The molecule has 0 bridgehead atoms. The minimum atomic E-state index is -0.234. The summed E-state index contributed by atoms with van der Waals surface area (Å²) in [5.74, 6) is 0.572. The van der Waals surface area contributed by atoms with Crippen molar-refractivity contribution in [3.63, 3.8) is 0 Å². The molecule has 0 heterocycles. The lowest BCUT2D eigenvalue weighted by Gasteiger charge is -2.22. The lowest BCUT2D eigenvalue weighted by molar-refractivity contribution is -0.112. The SMILES string of the molecule is CCN(C(=O)C=NOC)c1ccccc1COc1cccc(C)c1. The van der Waals surface area contributed by atoms with Crippen LogP contribution in [0.5, 0.6) is 5.75 Å². The topological polar surface area (TPSA) is 51.1 Å². The quantitative estimate of drug-likeness (QED) is 0.577. The van der Waals surface area contributed by atoms with E-state index in [1.165, 1.54) is 13.3 Å². The molecule has 0 aliphatic heterocycles. The van der Waals surface area contributed by atoms with Gasteiger partial charge >= 0.3 is 0 Å². The van der Waals surface area contributed by atoms with Gasteiger partial charge in [-0.2, -0.15) is 0 Å². The summed E-state index contributed by atoms with van der Waals surface area (Å²) in [6.07, 6.45) is 1.17. The van der Waals surface area contributed by atoms with E-state index in [0.717, 1.165) is 22.6 Å². The van der Waals surface area contributed by atoms with E-state index >= 15 is 0 Å². The van der Waals surface area contributed by atoms with Crippen LogP contribution in [0.1, 0.15) is 18.1 Å². The Hall–Kier alpha value is -2.82. The molecule has 0 radical (unpaired) electrons. The van der Waals surface area contributed by atoms with Crippen LogP contribution in [0.4, 0.5) is 5.69 Å². The lowest BCUT2D eigenvalue weighted by Crippen LogP contribution is -2.32. The summed E-state index contributed by atoms with van der Waals surface area (Å²) in [5, 5.41) is 3.55. The number of amides is 1. The predicted molar refractivity (Wildman–Crippen MR) is 95.5 cm³/mol. The molecule has 0 saturated carbocycles. The van der Waals surface area contributed by atoms with Crippen molar-refractivity contribution in [2.75, 3.05) is 18.6 Å². The maximum absolute atomic E-state index is 12.3. The van der Waals surface area contributed by atoms with Crippen molar-refractivity contribution in [3.8, 4) is 5.75 Å². The normalized spacial score (nSPS) is 10.6. The Labute approximate surface area is 142 Å². The van der Waals surface area contributed by atoms with Crippen LogP contribution in [-0.2, 0) is 16.2 Å². The van der Waals surface area contributed by atoms with Crippen molar-refractivity contribution in [2.24, 2.45) is 5.16 Å². The van der Waals surface area contributed by atoms with Gasteiger partial charge < -0.3 is 14.5 Å². The first-order valence-electron chi connectivity index (χ1n) is 7.81. The van der Waals surface area contributed by atoms with Crippen molar-refractivity contribution in [1.82, 2.24) is 0 Å². The summed E-state index contributed by atoms with van der Waals surface area (Å²) in [6, 6.07) is 15.6. The molecule has 0 N–H and O–H groups in total. The van der Waals surface area contributed by atoms with Gasteiger partial charge in [-0.05, 0) is 37.6 Å². The van der Waals surface area contributed by atoms with Crippen LogP contribution in [0.3, 0.4) is 0 Å². The Bertz CT molecular complexity index is 713. The molecule has 5 nitrogen and oxygen atoms in total. The molecular weight excluding hydrogens is 304 g/mol. The molecule has 0 aliphatic rings. The molecule has 1 amide bonds. The fourth-order valence-electron chi connectivity index (χ4n) is 2.37. The zero-order valence-corrected chi connectivity index (χ0v) is 14.2. The van der Waals surface area contributed by atoms with Gasteiger partial charge in [0.2, 0.25) is 0 Å². The van der Waals surface area contributed by atoms with Gasteiger partial charge in [-0.15, -0.1) is 0 Å². The number of hydrogen-bond donors (Lipinski definition) is 0. The summed E-state index contributed by atoms with van der Waals surface area (Å²) in [4.78, 5) is 18.5. The Kier molecular flexibility index (Phi) is 6.37. The average Bonchev–Trinajstić information content (AvgIpc) is 2.60. The largest absolute Gasteiger partial charge is 0.489 e. The molecule has 24 heavy (non-hydrogen) atoms. The predicted octanol–water partition coefficient (Wildman–Crippen LogP) is 3.56. The molecule has 2 aromatic rings. The van der Waals surface area contributed by atoms with Gasteiger partial charge in [-0.1, -0.05) is 35.5 Å². The van der Waals surface area contributed by atoms with Crippen LogP contribution in [-0.4, -0.2) is 25.8 Å². The van der Waals surface area contributed by atoms with Crippen molar-refractivity contribution in [3.05, 3.63) is 59.7 Å². The molecule has 0 unspecified atom stereocenters. The molecular formula is C19H22N2O3. The van der Waals surface area contributed by atoms with Gasteiger partial charge in [0.05, 0.1) is 5.69 Å². The van der Waals surface area contributed by atoms with Crippen LogP contribution in [0.2, 0.25) is 0 Å². The molecule has 2 aromatic carbocycles. The minimum absolute atomic E-state index is 0.234. The van der Waals surface area contributed by atoms with E-state index in [1.807, 2.05) is 62.4 Å². The molecule has 5 heteroatoms. The summed E-state index contributed by atoms with van der Waals surface area (Å²) < 4.78 is 5.87. The number of ether oxygens (including phenoxy) is 1. The highest BCUT2D eigenvalue weighted by atomic mass is 16.6. The number of carbonyl (C=O) groups is 1. The fraction of sp³-hybridized carbons (Fsp3) is 0.263. The third-order valence-corrected chi connectivity index (χ3v) is 3.52. The molecule has 0 spiro atoms. The summed E-state index contributed by atoms with van der Waals surface area (Å²) in [5.41, 5.74) is 2.88. The zero-order valence-electron chi connectivity index (χ0n) is 14.2. The Morgan fingerprint density at radius 3 is 2.71 bits per heavy atom. The third kappa shape index (κ3) is 4.59. The molecule has 0 aliphatic carbocycles. The van der Waals surface area contributed by atoms with E-state index < -0.39 is 0 Å². The monoisotopic (exact) mass is 326 g/mol. The number of carbonyl (C=O) groups excluding carboxylic acids is 1. The highest BCUT2D eigenvalue weighted by Gasteiger charge is 2.15. The van der Waals surface area contributed by atoms with Gasteiger partial charge in [0, 0.05) is 12.1 Å². The van der Waals surface area contributed by atoms with E-state index in [9.17, 15) is 4.79 Å². The second kappa shape index (κ2) is 8.72. The number of oxime groups is 1. The number of aryl methyl sites for hydroxylation is 1. The highest BCUT2D eigenvalue weighted by Crippen LogP contribution is 2.23. The van der Waals surface area contributed by atoms with Crippen LogP contribution >= 0.6 is 0 Å². The van der Waals surface area contributed by atoms with Crippen molar-refractivity contribution in [2.45, 2.75) is 20.5 Å². The van der Waals surface area contributed by atoms with Crippen LogP contribution in [0.25, 0.3) is 0 Å². The smallest absolute Gasteiger partial charge is 0.272 e. The Morgan fingerprint density at radius 1 is 1.21 bits per heavy atom.